The van der Waals surface area contributed by atoms with E-state index in [0.29, 0.717) is 0 Å². The Morgan fingerprint density at radius 2 is 2.07 bits per heavy atom. The monoisotopic (exact) mass is 417 g/mol. The Kier molecular flexibility index (Phi) is 6.62. The first-order chi connectivity index (χ1) is 14.1. The molecule has 0 aliphatic carbocycles. The molecule has 4 heterocycles. The van der Waals surface area contributed by atoms with Crippen LogP contribution in [0, 0.1) is 0 Å². The Morgan fingerprint density at radius 1 is 1.24 bits per heavy atom. The van der Waals surface area contributed by atoms with Gasteiger partial charge in [0.05, 0.1) is 34.7 Å². The zero-order valence-corrected chi connectivity index (χ0v) is 18.0. The van der Waals surface area contributed by atoms with E-state index in [1.165, 1.54) is 5.01 Å². The summed E-state index contributed by atoms with van der Waals surface area (Å²) in [6.45, 7) is 6.46. The van der Waals surface area contributed by atoms with Gasteiger partial charge in [-0.1, -0.05) is 6.92 Å². The molecule has 158 valence electrons. The highest BCUT2D eigenvalue weighted by molar-refractivity contribution is 7.09. The summed E-state index contributed by atoms with van der Waals surface area (Å²) in [7, 11) is 0. The highest BCUT2D eigenvalue weighted by Crippen LogP contribution is 2.23. The Morgan fingerprint density at radius 3 is 2.83 bits per heavy atom. The second kappa shape index (κ2) is 9.36. The van der Waals surface area contributed by atoms with Crippen LogP contribution >= 0.6 is 11.3 Å². The summed E-state index contributed by atoms with van der Waals surface area (Å²) in [5.74, 6) is 0. The molecule has 0 bridgehead atoms. The zero-order chi connectivity index (χ0) is 20.2. The fourth-order valence-corrected chi connectivity index (χ4v) is 5.22. The summed E-state index contributed by atoms with van der Waals surface area (Å²) >= 11 is 1.75. The first-order valence-electron chi connectivity index (χ1n) is 10.8. The van der Waals surface area contributed by atoms with Crippen molar-refractivity contribution in [1.82, 2.24) is 19.7 Å². The highest BCUT2D eigenvalue weighted by atomic mass is 32.1. The summed E-state index contributed by atoms with van der Waals surface area (Å²) in [6, 6.07) is 1.82. The van der Waals surface area contributed by atoms with E-state index in [1.807, 2.05) is 6.20 Å². The lowest BCUT2D eigenvalue weighted by molar-refractivity contribution is 0.145. The third kappa shape index (κ3) is 5.05. The number of aryl methyl sites for hydroxylation is 1. The fourth-order valence-electron chi connectivity index (χ4n) is 4.33. The molecule has 0 saturated carbocycles. The summed E-state index contributed by atoms with van der Waals surface area (Å²) in [4.78, 5) is 22.1. The Hall–Kier alpha value is -1.77. The van der Waals surface area contributed by atoms with Crippen molar-refractivity contribution < 1.29 is 5.11 Å². The van der Waals surface area contributed by atoms with E-state index in [9.17, 15) is 9.90 Å². The number of hydrogen-bond donors (Lipinski definition) is 1. The van der Waals surface area contributed by atoms with Crippen molar-refractivity contribution in [3.05, 3.63) is 38.7 Å². The van der Waals surface area contributed by atoms with Crippen molar-refractivity contribution in [2.75, 3.05) is 31.1 Å². The summed E-state index contributed by atoms with van der Waals surface area (Å²) in [6.07, 6.45) is 7.32. The third-order valence-corrected chi connectivity index (χ3v) is 6.87. The van der Waals surface area contributed by atoms with Crippen LogP contribution in [0.4, 0.5) is 5.69 Å². The van der Waals surface area contributed by atoms with Crippen LogP contribution in [0.25, 0.3) is 0 Å². The zero-order valence-electron chi connectivity index (χ0n) is 17.2. The predicted molar refractivity (Wildman–Crippen MR) is 116 cm³/mol. The molecule has 0 amide bonds. The lowest BCUT2D eigenvalue weighted by atomic mass is 10.1. The molecule has 2 aromatic rings. The molecule has 1 atom stereocenters. The maximum atomic E-state index is 12.8. The van der Waals surface area contributed by atoms with E-state index in [0.717, 1.165) is 82.6 Å². The van der Waals surface area contributed by atoms with Gasteiger partial charge in [0.2, 0.25) is 0 Å². The number of aliphatic hydroxyl groups excluding tert-OH is 1. The van der Waals surface area contributed by atoms with Crippen LogP contribution in [0.15, 0.2) is 22.4 Å². The van der Waals surface area contributed by atoms with E-state index < -0.39 is 0 Å². The molecule has 0 unspecified atom stereocenters. The minimum absolute atomic E-state index is 0.0284. The van der Waals surface area contributed by atoms with Gasteiger partial charge >= 0.3 is 0 Å². The van der Waals surface area contributed by atoms with Gasteiger partial charge in [0.1, 0.15) is 0 Å². The number of aromatic nitrogens is 3. The van der Waals surface area contributed by atoms with E-state index in [4.69, 9.17) is 4.98 Å². The maximum Gasteiger partial charge on any atom is 0.269 e. The van der Waals surface area contributed by atoms with Gasteiger partial charge in [-0.05, 0) is 45.1 Å². The number of anilines is 1. The summed E-state index contributed by atoms with van der Waals surface area (Å²) in [5, 5.41) is 17.6. The molecule has 0 aromatic carbocycles. The molecule has 2 aliphatic rings. The number of piperidine rings is 2. The summed E-state index contributed by atoms with van der Waals surface area (Å²) < 4.78 is 1.66. The number of rotatable bonds is 6. The van der Waals surface area contributed by atoms with Crippen molar-refractivity contribution in [2.45, 2.75) is 64.1 Å². The first-order valence-corrected chi connectivity index (χ1v) is 11.7. The van der Waals surface area contributed by atoms with Gasteiger partial charge in [-0.15, -0.1) is 11.3 Å². The normalized spacial score (nSPS) is 21.6. The van der Waals surface area contributed by atoms with E-state index in [2.05, 4.69) is 27.2 Å². The topological polar surface area (TPSA) is 74.5 Å². The van der Waals surface area contributed by atoms with Crippen LogP contribution < -0.4 is 10.5 Å². The van der Waals surface area contributed by atoms with Crippen LogP contribution in [-0.4, -0.2) is 57.1 Å². The minimum Gasteiger partial charge on any atom is -0.393 e. The molecular weight excluding hydrogens is 386 g/mol. The Balaban J connectivity index is 1.40. The molecule has 0 radical (unpaired) electrons. The molecule has 4 rings (SSSR count). The molecule has 2 saturated heterocycles. The maximum absolute atomic E-state index is 12.8. The molecule has 29 heavy (non-hydrogen) atoms. The lowest BCUT2D eigenvalue weighted by Gasteiger charge is -2.33. The van der Waals surface area contributed by atoms with Gasteiger partial charge in [-0.3, -0.25) is 9.69 Å². The summed E-state index contributed by atoms with van der Waals surface area (Å²) in [5.41, 5.74) is 1.98. The van der Waals surface area contributed by atoms with Gasteiger partial charge in [-0.2, -0.15) is 5.10 Å². The number of thiazole rings is 1. The van der Waals surface area contributed by atoms with Gasteiger partial charge in [-0.25, -0.2) is 9.67 Å². The molecule has 2 aromatic heterocycles. The van der Waals surface area contributed by atoms with E-state index >= 15 is 0 Å². The van der Waals surface area contributed by atoms with Crippen LogP contribution in [0.1, 0.15) is 55.8 Å². The minimum atomic E-state index is -0.219. The largest absolute Gasteiger partial charge is 0.393 e. The molecule has 0 spiro atoms. The highest BCUT2D eigenvalue weighted by Gasteiger charge is 2.24. The van der Waals surface area contributed by atoms with Gasteiger partial charge in [0, 0.05) is 37.6 Å². The first kappa shape index (κ1) is 20.5. The molecule has 1 N–H and O–H groups in total. The SMILES string of the molecule is CCCc1nc(CN2CCC[C@H](n3ncc(N4CCC(O)CC4)cc3=O)C2)cs1. The van der Waals surface area contributed by atoms with Crippen molar-refractivity contribution >= 4 is 17.0 Å². The van der Waals surface area contributed by atoms with Crippen molar-refractivity contribution in [3.8, 4) is 0 Å². The van der Waals surface area contributed by atoms with Crippen LogP contribution in [0.2, 0.25) is 0 Å². The van der Waals surface area contributed by atoms with E-state index in [-0.39, 0.29) is 17.7 Å². The van der Waals surface area contributed by atoms with Crippen LogP contribution in [0.5, 0.6) is 0 Å². The number of likely N-dealkylation sites (tertiary alicyclic amines) is 1. The predicted octanol–water partition coefficient (Wildman–Crippen LogP) is 2.45. The Bertz CT molecular complexity index is 859. The standard InChI is InChI=1S/C21H31N5O2S/c1-2-4-20-23-16(15-29-20)13-24-8-3-5-17(14-24)26-21(28)11-18(12-22-26)25-9-6-19(27)7-10-25/h11-12,15,17,19,27H,2-10,13-14H2,1H3/t17-/m0/s1. The molecule has 2 fully saturated rings. The third-order valence-electron chi connectivity index (χ3n) is 5.92. The average Bonchev–Trinajstić information content (AvgIpc) is 3.16. The van der Waals surface area contributed by atoms with Crippen molar-refractivity contribution in [2.24, 2.45) is 0 Å². The molecule has 8 heteroatoms. The molecule has 2 aliphatic heterocycles. The van der Waals surface area contributed by atoms with Gasteiger partial charge < -0.3 is 10.0 Å². The quantitative estimate of drug-likeness (QED) is 0.778. The molecule has 7 nitrogen and oxygen atoms in total. The average molecular weight is 418 g/mol. The van der Waals surface area contributed by atoms with E-state index in [1.54, 1.807) is 22.1 Å². The second-order valence-corrected chi connectivity index (χ2v) is 9.17. The van der Waals surface area contributed by atoms with Crippen LogP contribution in [-0.2, 0) is 13.0 Å². The number of aliphatic hydroxyl groups is 1. The van der Waals surface area contributed by atoms with Gasteiger partial charge in [0.25, 0.3) is 5.56 Å². The molecular formula is C21H31N5O2S. The number of hydrogen-bond acceptors (Lipinski definition) is 7. The number of nitrogens with zero attached hydrogens (tertiary/aromatic N) is 5. The smallest absolute Gasteiger partial charge is 0.269 e. The van der Waals surface area contributed by atoms with Crippen LogP contribution in [0.3, 0.4) is 0 Å². The second-order valence-electron chi connectivity index (χ2n) is 8.23. The van der Waals surface area contributed by atoms with Crippen molar-refractivity contribution in [1.29, 1.82) is 0 Å². The van der Waals surface area contributed by atoms with Crippen molar-refractivity contribution in [3.63, 3.8) is 0 Å². The lowest BCUT2D eigenvalue weighted by Crippen LogP contribution is -2.41. The fraction of sp³-hybridized carbons (Fsp3) is 0.667. The Labute approximate surface area is 176 Å². The van der Waals surface area contributed by atoms with Gasteiger partial charge in [0.15, 0.2) is 0 Å².